The number of carbonyl (C=O) groups excluding carboxylic acids is 1. The summed E-state index contributed by atoms with van der Waals surface area (Å²) in [7, 11) is 1.28. The SMILES string of the molecule is COc1cc(C)c(S(=O)(=O)N(C)CCOCC(=O)N(C)[C@@H]2CCCC(N3CCNCC3)C2)c(C)c1. The fraction of sp³-hybridized carbons (Fsp3) is 0.720. The highest BCUT2D eigenvalue weighted by Crippen LogP contribution is 2.28. The van der Waals surface area contributed by atoms with Crippen molar-refractivity contribution in [1.82, 2.24) is 19.4 Å². The van der Waals surface area contributed by atoms with Gasteiger partial charge in [-0.05, 0) is 62.8 Å². The standard InChI is InChI=1S/C25H42N4O5S/c1-19-15-23(33-5)16-20(2)25(19)35(31,32)27(3)13-14-34-18-24(30)28(4)21-7-6-8-22(17-21)29-11-9-26-10-12-29/h15-16,21-22,26H,6-14,17-18H2,1-5H3/t21-,22?/m1/s1. The molecule has 3 rings (SSSR count). The Bertz CT molecular complexity index is 942. The molecule has 198 valence electrons. The van der Waals surface area contributed by atoms with Crippen molar-refractivity contribution in [2.24, 2.45) is 0 Å². The first-order valence-electron chi connectivity index (χ1n) is 12.5. The normalized spacial score (nSPS) is 21.8. The summed E-state index contributed by atoms with van der Waals surface area (Å²) in [6, 6.07) is 4.20. The molecular weight excluding hydrogens is 468 g/mol. The molecule has 10 heteroatoms. The fourth-order valence-electron chi connectivity index (χ4n) is 5.24. The number of nitrogens with one attached hydrogen (secondary N) is 1. The number of ether oxygens (including phenoxy) is 2. The van der Waals surface area contributed by atoms with E-state index in [0.717, 1.165) is 45.4 Å². The third kappa shape index (κ3) is 6.95. The van der Waals surface area contributed by atoms with Crippen LogP contribution in [0.5, 0.6) is 5.75 Å². The molecule has 1 unspecified atom stereocenters. The van der Waals surface area contributed by atoms with Gasteiger partial charge in [-0.2, -0.15) is 4.31 Å². The monoisotopic (exact) mass is 510 g/mol. The van der Waals surface area contributed by atoms with E-state index in [1.165, 1.54) is 17.8 Å². The van der Waals surface area contributed by atoms with Gasteiger partial charge in [-0.1, -0.05) is 0 Å². The van der Waals surface area contributed by atoms with Crippen molar-refractivity contribution < 1.29 is 22.7 Å². The minimum absolute atomic E-state index is 0.0419. The number of aryl methyl sites for hydroxylation is 2. The summed E-state index contributed by atoms with van der Waals surface area (Å²) >= 11 is 0. The minimum Gasteiger partial charge on any atom is -0.497 e. The lowest BCUT2D eigenvalue weighted by Gasteiger charge is -2.42. The summed E-state index contributed by atoms with van der Waals surface area (Å²) in [6.07, 6.45) is 4.35. The smallest absolute Gasteiger partial charge is 0.248 e. The van der Waals surface area contributed by atoms with Crippen molar-refractivity contribution in [3.8, 4) is 5.75 Å². The molecule has 1 heterocycles. The van der Waals surface area contributed by atoms with Crippen LogP contribution in [0.1, 0.15) is 36.8 Å². The van der Waals surface area contributed by atoms with Crippen molar-refractivity contribution in [3.05, 3.63) is 23.3 Å². The maximum absolute atomic E-state index is 13.1. The van der Waals surface area contributed by atoms with E-state index in [0.29, 0.717) is 22.9 Å². The number of carbonyl (C=O) groups is 1. The first-order valence-corrected chi connectivity index (χ1v) is 14.0. The highest BCUT2D eigenvalue weighted by Gasteiger charge is 2.31. The Hall–Kier alpha value is -1.72. The van der Waals surface area contributed by atoms with Gasteiger partial charge in [0.25, 0.3) is 0 Å². The van der Waals surface area contributed by atoms with Gasteiger partial charge < -0.3 is 19.7 Å². The molecule has 1 aliphatic heterocycles. The Morgan fingerprint density at radius 1 is 1.14 bits per heavy atom. The number of piperazine rings is 1. The van der Waals surface area contributed by atoms with Crippen LogP contribution < -0.4 is 10.1 Å². The van der Waals surface area contributed by atoms with Crippen LogP contribution in [0.15, 0.2) is 17.0 Å². The molecule has 1 N–H and O–H groups in total. The second kappa shape index (κ2) is 12.5. The average molecular weight is 511 g/mol. The van der Waals surface area contributed by atoms with E-state index in [2.05, 4.69) is 10.2 Å². The lowest BCUT2D eigenvalue weighted by molar-refractivity contribution is -0.138. The molecule has 2 atom stereocenters. The van der Waals surface area contributed by atoms with Crippen molar-refractivity contribution >= 4 is 15.9 Å². The summed E-state index contributed by atoms with van der Waals surface area (Å²) in [5.41, 5.74) is 1.27. The Morgan fingerprint density at radius 2 is 1.80 bits per heavy atom. The van der Waals surface area contributed by atoms with E-state index >= 15 is 0 Å². The molecule has 9 nitrogen and oxygen atoms in total. The first-order chi connectivity index (χ1) is 16.6. The quantitative estimate of drug-likeness (QED) is 0.479. The van der Waals surface area contributed by atoms with Gasteiger partial charge in [-0.15, -0.1) is 0 Å². The number of likely N-dealkylation sites (N-methyl/N-ethyl adjacent to an activating group) is 2. The topological polar surface area (TPSA) is 91.4 Å². The predicted octanol–water partition coefficient (Wildman–Crippen LogP) is 1.62. The Labute approximate surface area is 210 Å². The fourth-order valence-corrected chi connectivity index (χ4v) is 6.80. The van der Waals surface area contributed by atoms with Gasteiger partial charge >= 0.3 is 0 Å². The summed E-state index contributed by atoms with van der Waals surface area (Å²) in [5.74, 6) is 0.577. The zero-order valence-corrected chi connectivity index (χ0v) is 22.7. The van der Waals surface area contributed by atoms with Gasteiger partial charge in [-0.3, -0.25) is 9.69 Å². The van der Waals surface area contributed by atoms with Gasteiger partial charge in [0.05, 0.1) is 18.6 Å². The van der Waals surface area contributed by atoms with Crippen LogP contribution in [0.4, 0.5) is 0 Å². The first kappa shape index (κ1) is 27.9. The lowest BCUT2D eigenvalue weighted by Crippen LogP contribution is -2.52. The molecule has 35 heavy (non-hydrogen) atoms. The molecule has 0 spiro atoms. The molecule has 1 aliphatic carbocycles. The molecule has 1 saturated carbocycles. The highest BCUT2D eigenvalue weighted by molar-refractivity contribution is 7.89. The summed E-state index contributed by atoms with van der Waals surface area (Å²) in [4.78, 5) is 17.4. The predicted molar refractivity (Wildman–Crippen MR) is 136 cm³/mol. The number of nitrogens with zero attached hydrogens (tertiary/aromatic N) is 3. The number of sulfonamides is 1. The molecule has 1 amide bonds. The summed E-state index contributed by atoms with van der Waals surface area (Å²) in [6.45, 7) is 8.01. The number of hydrogen-bond acceptors (Lipinski definition) is 7. The van der Waals surface area contributed by atoms with E-state index in [-0.39, 0.29) is 36.6 Å². The summed E-state index contributed by atoms with van der Waals surface area (Å²) < 4.78 is 38.4. The van der Waals surface area contributed by atoms with Gasteiger partial charge in [0, 0.05) is 58.9 Å². The van der Waals surface area contributed by atoms with Crippen molar-refractivity contribution in [2.75, 3.05) is 67.1 Å². The van der Waals surface area contributed by atoms with Crippen molar-refractivity contribution in [2.45, 2.75) is 56.5 Å². The minimum atomic E-state index is -3.68. The third-order valence-electron chi connectivity index (χ3n) is 7.34. The summed E-state index contributed by atoms with van der Waals surface area (Å²) in [5, 5.41) is 3.40. The maximum atomic E-state index is 13.1. The Kier molecular flexibility index (Phi) is 9.94. The van der Waals surface area contributed by atoms with Gasteiger partial charge in [-0.25, -0.2) is 8.42 Å². The lowest BCUT2D eigenvalue weighted by atomic mass is 9.88. The van der Waals surface area contributed by atoms with Gasteiger partial charge in [0.2, 0.25) is 15.9 Å². The highest BCUT2D eigenvalue weighted by atomic mass is 32.2. The van der Waals surface area contributed by atoms with Crippen LogP contribution >= 0.6 is 0 Å². The van der Waals surface area contributed by atoms with Crippen LogP contribution in [-0.2, 0) is 19.6 Å². The zero-order chi connectivity index (χ0) is 25.6. The van der Waals surface area contributed by atoms with Crippen LogP contribution in [0.2, 0.25) is 0 Å². The maximum Gasteiger partial charge on any atom is 0.248 e. The number of methoxy groups -OCH3 is 1. The van der Waals surface area contributed by atoms with E-state index in [1.807, 2.05) is 11.9 Å². The molecule has 1 aromatic rings. The Balaban J connectivity index is 1.47. The second-order valence-corrected chi connectivity index (χ2v) is 11.7. The average Bonchev–Trinajstić information content (AvgIpc) is 2.85. The molecule has 2 fully saturated rings. The second-order valence-electron chi connectivity index (χ2n) is 9.73. The van der Waals surface area contributed by atoms with Crippen LogP contribution in [0, 0.1) is 13.8 Å². The molecule has 1 saturated heterocycles. The zero-order valence-electron chi connectivity index (χ0n) is 21.9. The molecule has 0 bridgehead atoms. The van der Waals surface area contributed by atoms with Crippen LogP contribution in [-0.4, -0.2) is 108 Å². The van der Waals surface area contributed by atoms with E-state index in [1.54, 1.807) is 33.1 Å². The molecule has 2 aliphatic rings. The van der Waals surface area contributed by atoms with Crippen LogP contribution in [0.25, 0.3) is 0 Å². The van der Waals surface area contributed by atoms with Crippen molar-refractivity contribution in [1.29, 1.82) is 0 Å². The number of amides is 1. The number of hydrogen-bond donors (Lipinski definition) is 1. The van der Waals surface area contributed by atoms with E-state index in [4.69, 9.17) is 9.47 Å². The third-order valence-corrected chi connectivity index (χ3v) is 9.50. The van der Waals surface area contributed by atoms with Crippen LogP contribution in [0.3, 0.4) is 0 Å². The molecule has 0 radical (unpaired) electrons. The molecular formula is C25H42N4O5S. The number of benzene rings is 1. The Morgan fingerprint density at radius 3 is 2.43 bits per heavy atom. The van der Waals surface area contributed by atoms with E-state index in [9.17, 15) is 13.2 Å². The van der Waals surface area contributed by atoms with Gasteiger partial charge in [0.1, 0.15) is 12.4 Å². The van der Waals surface area contributed by atoms with Gasteiger partial charge in [0.15, 0.2) is 0 Å². The molecule has 1 aromatic carbocycles. The number of rotatable bonds is 10. The molecule has 0 aromatic heterocycles. The van der Waals surface area contributed by atoms with Crippen molar-refractivity contribution in [3.63, 3.8) is 0 Å². The largest absolute Gasteiger partial charge is 0.497 e. The van der Waals surface area contributed by atoms with E-state index < -0.39 is 10.0 Å².